The first-order valence-corrected chi connectivity index (χ1v) is 4.87. The second kappa shape index (κ2) is 4.71. The third kappa shape index (κ3) is 1.98. The minimum atomic E-state index is -1.02. The number of nitrogens with zero attached hydrogens (tertiary/aromatic N) is 2. The molecule has 0 amide bonds. The summed E-state index contributed by atoms with van der Waals surface area (Å²) < 4.78 is 7.34. The summed E-state index contributed by atoms with van der Waals surface area (Å²) >= 11 is 3.28. The molecule has 0 saturated carbocycles. The van der Waals surface area contributed by atoms with Crippen LogP contribution >= 0.6 is 28.3 Å². The molecule has 0 spiro atoms. The lowest BCUT2D eigenvalue weighted by Crippen LogP contribution is -1.98. The van der Waals surface area contributed by atoms with E-state index in [1.807, 2.05) is 0 Å². The van der Waals surface area contributed by atoms with Crippen LogP contribution in [0.3, 0.4) is 0 Å². The number of carbonyl (C=O) groups is 1. The van der Waals surface area contributed by atoms with Crippen molar-refractivity contribution in [3.05, 3.63) is 28.5 Å². The quantitative estimate of drug-likeness (QED) is 0.924. The van der Waals surface area contributed by atoms with E-state index >= 15 is 0 Å². The van der Waals surface area contributed by atoms with E-state index in [-0.39, 0.29) is 18.0 Å². The molecule has 0 radical (unpaired) electrons. The number of aromatic nitrogens is 2. The largest absolute Gasteiger partial charge is 0.494 e. The molecule has 0 saturated heterocycles. The summed E-state index contributed by atoms with van der Waals surface area (Å²) in [5, 5.41) is 12.9. The van der Waals surface area contributed by atoms with Gasteiger partial charge in [-0.1, -0.05) is 0 Å². The van der Waals surface area contributed by atoms with Gasteiger partial charge in [-0.25, -0.2) is 9.31 Å². The van der Waals surface area contributed by atoms with Crippen molar-refractivity contribution in [2.45, 2.75) is 0 Å². The molecule has 86 valence electrons. The Morgan fingerprint density at radius 1 is 1.62 bits per heavy atom. The Kier molecular flexibility index (Phi) is 3.77. The summed E-state index contributed by atoms with van der Waals surface area (Å²) in [4.78, 5) is 10.9. The number of carboxylic acid groups (broad SMARTS) is 1. The number of ether oxygens (including phenoxy) is 1. The molecule has 0 atom stereocenters. The maximum absolute atomic E-state index is 10.9. The highest BCUT2D eigenvalue weighted by Crippen LogP contribution is 2.26. The van der Waals surface area contributed by atoms with Gasteiger partial charge in [0.25, 0.3) is 0 Å². The molecule has 0 aliphatic heterocycles. The molecule has 0 bridgehead atoms. The van der Waals surface area contributed by atoms with E-state index in [1.54, 1.807) is 12.3 Å². The predicted octanol–water partition coefficient (Wildman–Crippen LogP) is 2.23. The van der Waals surface area contributed by atoms with Crippen LogP contribution in [0.2, 0.25) is 0 Å². The fraction of sp³-hybridized carbons (Fsp3) is 0.111. The molecule has 0 unspecified atom stereocenters. The van der Waals surface area contributed by atoms with Crippen LogP contribution in [-0.4, -0.2) is 27.8 Å². The summed E-state index contributed by atoms with van der Waals surface area (Å²) in [6.45, 7) is 0. The average molecular weight is 308 g/mol. The lowest BCUT2D eigenvalue weighted by atomic mass is 10.2. The maximum atomic E-state index is 10.9. The highest BCUT2D eigenvalue weighted by Gasteiger charge is 2.15. The van der Waals surface area contributed by atoms with Gasteiger partial charge in [-0.05, 0) is 22.0 Å². The third-order valence-electron chi connectivity index (χ3n) is 1.99. The Balaban J connectivity index is 0.00000128. The van der Waals surface area contributed by atoms with Crippen molar-refractivity contribution in [2.24, 2.45) is 0 Å². The molecule has 2 rings (SSSR count). The second-order valence-corrected chi connectivity index (χ2v) is 3.80. The van der Waals surface area contributed by atoms with E-state index in [1.165, 1.54) is 17.8 Å². The molecule has 5 nitrogen and oxygen atoms in total. The summed E-state index contributed by atoms with van der Waals surface area (Å²) in [7, 11) is 1.49. The average Bonchev–Trinajstić information content (AvgIpc) is 2.59. The van der Waals surface area contributed by atoms with E-state index in [9.17, 15) is 4.79 Å². The van der Waals surface area contributed by atoms with Crippen LogP contribution in [-0.2, 0) is 0 Å². The molecule has 2 aromatic heterocycles. The highest BCUT2D eigenvalue weighted by molar-refractivity contribution is 9.10. The Morgan fingerprint density at radius 2 is 2.31 bits per heavy atom. The summed E-state index contributed by atoms with van der Waals surface area (Å²) in [5.74, 6) is -0.551. The number of methoxy groups -OCH3 is 1. The van der Waals surface area contributed by atoms with Crippen molar-refractivity contribution in [1.82, 2.24) is 9.61 Å². The number of halogens is 2. The van der Waals surface area contributed by atoms with Crippen LogP contribution in [0.4, 0.5) is 0 Å². The lowest BCUT2D eigenvalue weighted by Gasteiger charge is -2.04. The Morgan fingerprint density at radius 3 is 2.88 bits per heavy atom. The first kappa shape index (κ1) is 12.8. The van der Waals surface area contributed by atoms with Gasteiger partial charge in [-0.2, -0.15) is 5.10 Å². The zero-order valence-electron chi connectivity index (χ0n) is 8.18. The molecular formula is C9H8BrClN2O3. The van der Waals surface area contributed by atoms with Crippen molar-refractivity contribution in [2.75, 3.05) is 7.11 Å². The number of pyridine rings is 1. The Hall–Kier alpha value is -1.27. The van der Waals surface area contributed by atoms with Crippen molar-refractivity contribution >= 4 is 39.8 Å². The number of hydrogen-bond donors (Lipinski definition) is 1. The van der Waals surface area contributed by atoms with Gasteiger partial charge in [0.1, 0.15) is 16.8 Å². The number of carboxylic acids is 1. The molecule has 7 heteroatoms. The highest BCUT2D eigenvalue weighted by atomic mass is 79.9. The van der Waals surface area contributed by atoms with Crippen LogP contribution in [0.1, 0.15) is 10.4 Å². The van der Waals surface area contributed by atoms with Crippen molar-refractivity contribution < 1.29 is 14.6 Å². The number of fused-ring (bicyclic) bond motifs is 1. The zero-order valence-corrected chi connectivity index (χ0v) is 10.6. The van der Waals surface area contributed by atoms with Gasteiger partial charge >= 0.3 is 5.97 Å². The van der Waals surface area contributed by atoms with Gasteiger partial charge < -0.3 is 9.84 Å². The molecule has 2 heterocycles. The monoisotopic (exact) mass is 306 g/mol. The Bertz CT molecular complexity index is 541. The van der Waals surface area contributed by atoms with Gasteiger partial charge in [-0.3, -0.25) is 0 Å². The van der Waals surface area contributed by atoms with Crippen molar-refractivity contribution in [3.8, 4) is 5.75 Å². The van der Waals surface area contributed by atoms with Crippen molar-refractivity contribution in [1.29, 1.82) is 0 Å². The fourth-order valence-corrected chi connectivity index (χ4v) is 1.77. The minimum Gasteiger partial charge on any atom is -0.494 e. The lowest BCUT2D eigenvalue weighted by molar-refractivity contribution is 0.0699. The Labute approximate surface area is 106 Å². The minimum absolute atomic E-state index is 0. The maximum Gasteiger partial charge on any atom is 0.339 e. The summed E-state index contributed by atoms with van der Waals surface area (Å²) in [6, 6.07) is 1.70. The van der Waals surface area contributed by atoms with E-state index < -0.39 is 5.97 Å². The smallest absolute Gasteiger partial charge is 0.339 e. The van der Waals surface area contributed by atoms with Gasteiger partial charge in [0.05, 0.1) is 13.3 Å². The molecule has 16 heavy (non-hydrogen) atoms. The van der Waals surface area contributed by atoms with Crippen LogP contribution < -0.4 is 4.74 Å². The van der Waals surface area contributed by atoms with E-state index in [2.05, 4.69) is 21.0 Å². The summed E-state index contributed by atoms with van der Waals surface area (Å²) in [5.41, 5.74) is 0.576. The van der Waals surface area contributed by atoms with Crippen LogP contribution in [0, 0.1) is 0 Å². The topological polar surface area (TPSA) is 63.8 Å². The third-order valence-corrected chi connectivity index (χ3v) is 2.43. The van der Waals surface area contributed by atoms with Gasteiger partial charge in [0.15, 0.2) is 0 Å². The second-order valence-electron chi connectivity index (χ2n) is 2.88. The van der Waals surface area contributed by atoms with E-state index in [4.69, 9.17) is 9.84 Å². The summed E-state index contributed by atoms with van der Waals surface area (Å²) in [6.07, 6.45) is 2.97. The van der Waals surface area contributed by atoms with Gasteiger partial charge in [0.2, 0.25) is 0 Å². The molecule has 0 aromatic carbocycles. The van der Waals surface area contributed by atoms with Crippen LogP contribution in [0.5, 0.6) is 5.75 Å². The molecule has 1 N–H and O–H groups in total. The number of aromatic carboxylic acids is 1. The molecule has 2 aromatic rings. The zero-order chi connectivity index (χ0) is 11.0. The number of rotatable bonds is 2. The van der Waals surface area contributed by atoms with E-state index in [0.29, 0.717) is 11.3 Å². The van der Waals surface area contributed by atoms with Gasteiger partial charge in [0, 0.05) is 10.7 Å². The van der Waals surface area contributed by atoms with Crippen LogP contribution in [0.15, 0.2) is 22.9 Å². The first-order chi connectivity index (χ1) is 7.13. The normalized spacial score (nSPS) is 9.88. The fourth-order valence-electron chi connectivity index (χ4n) is 1.37. The molecular weight excluding hydrogens is 299 g/mol. The predicted molar refractivity (Wildman–Crippen MR) is 63.7 cm³/mol. The van der Waals surface area contributed by atoms with Crippen molar-refractivity contribution in [3.63, 3.8) is 0 Å². The standard InChI is InChI=1S/C9H7BrN2O3.ClH/c1-15-7-2-5(10)4-12-8(7)6(3-11-12)9(13)14;/h2-4H,1H3,(H,13,14);1H. The van der Waals surface area contributed by atoms with Crippen LogP contribution in [0.25, 0.3) is 5.52 Å². The van der Waals surface area contributed by atoms with E-state index in [0.717, 1.165) is 4.47 Å². The molecule has 0 aliphatic carbocycles. The first-order valence-electron chi connectivity index (χ1n) is 4.07. The SMILES string of the molecule is COc1cc(Br)cn2ncc(C(=O)O)c12.Cl. The molecule has 0 aliphatic rings. The molecule has 0 fully saturated rings. The van der Waals surface area contributed by atoms with Gasteiger partial charge in [-0.15, -0.1) is 12.4 Å². The number of hydrogen-bond acceptors (Lipinski definition) is 3.